The number of benzene rings is 2. The van der Waals surface area contributed by atoms with Crippen molar-refractivity contribution in [3.8, 4) is 11.8 Å². The van der Waals surface area contributed by atoms with Crippen molar-refractivity contribution in [1.82, 2.24) is 4.90 Å². The van der Waals surface area contributed by atoms with Crippen LogP contribution in [0, 0.1) is 11.3 Å². The number of halogens is 1. The predicted octanol–water partition coefficient (Wildman–Crippen LogP) is 2.69. The van der Waals surface area contributed by atoms with Gasteiger partial charge >= 0.3 is 0 Å². The quantitative estimate of drug-likeness (QED) is 0.861. The number of amides is 2. The lowest BCUT2D eigenvalue weighted by Crippen LogP contribution is -2.37. The van der Waals surface area contributed by atoms with E-state index in [0.717, 1.165) is 0 Å². The van der Waals surface area contributed by atoms with Gasteiger partial charge in [-0.3, -0.25) is 9.59 Å². The van der Waals surface area contributed by atoms with Crippen molar-refractivity contribution >= 4 is 29.1 Å². The predicted molar refractivity (Wildman–Crippen MR) is 94.4 cm³/mol. The van der Waals surface area contributed by atoms with Gasteiger partial charge in [0.15, 0.2) is 6.61 Å². The number of ether oxygens (including phenoxy) is 1. The highest BCUT2D eigenvalue weighted by Gasteiger charge is 2.14. The maximum Gasteiger partial charge on any atom is 0.260 e. The Morgan fingerprint density at radius 1 is 1.20 bits per heavy atom. The smallest absolute Gasteiger partial charge is 0.260 e. The second-order valence-corrected chi connectivity index (χ2v) is 5.61. The summed E-state index contributed by atoms with van der Waals surface area (Å²) in [4.78, 5) is 25.3. The summed E-state index contributed by atoms with van der Waals surface area (Å²) in [5, 5.41) is 11.8. The Morgan fingerprint density at radius 2 is 1.88 bits per heavy atom. The van der Waals surface area contributed by atoms with Crippen LogP contribution in [0.25, 0.3) is 0 Å². The SMILES string of the molecule is CN(CC(=O)Nc1ccccc1Cl)C(=O)COc1ccc(C#N)cc1. The first-order valence-electron chi connectivity index (χ1n) is 7.41. The number of nitriles is 1. The molecule has 0 unspecified atom stereocenters. The summed E-state index contributed by atoms with van der Waals surface area (Å²) in [7, 11) is 1.51. The van der Waals surface area contributed by atoms with Gasteiger partial charge in [0.25, 0.3) is 5.91 Å². The molecule has 0 fully saturated rings. The summed E-state index contributed by atoms with van der Waals surface area (Å²) in [6.45, 7) is -0.331. The summed E-state index contributed by atoms with van der Waals surface area (Å²) in [6.07, 6.45) is 0. The molecule has 0 radical (unpaired) electrons. The van der Waals surface area contributed by atoms with Crippen molar-refractivity contribution in [2.75, 3.05) is 25.5 Å². The van der Waals surface area contributed by atoms with Crippen LogP contribution < -0.4 is 10.1 Å². The molecule has 0 saturated heterocycles. The number of hydrogen-bond acceptors (Lipinski definition) is 4. The fraction of sp³-hybridized carbons (Fsp3) is 0.167. The minimum Gasteiger partial charge on any atom is -0.484 e. The van der Waals surface area contributed by atoms with Crippen molar-refractivity contribution < 1.29 is 14.3 Å². The topological polar surface area (TPSA) is 82.4 Å². The van der Waals surface area contributed by atoms with Crippen LogP contribution in [0.4, 0.5) is 5.69 Å². The average molecular weight is 358 g/mol. The summed E-state index contributed by atoms with van der Waals surface area (Å²) in [6, 6.07) is 15.3. The minimum absolute atomic E-state index is 0.124. The van der Waals surface area contributed by atoms with E-state index >= 15 is 0 Å². The largest absolute Gasteiger partial charge is 0.484 e. The number of rotatable bonds is 6. The third kappa shape index (κ3) is 5.52. The number of para-hydroxylation sites is 1. The van der Waals surface area contributed by atoms with Crippen LogP contribution in [-0.4, -0.2) is 36.9 Å². The Balaban J connectivity index is 1.82. The molecule has 2 aromatic rings. The number of nitrogens with one attached hydrogen (secondary N) is 1. The Kier molecular flexibility index (Phi) is 6.38. The second-order valence-electron chi connectivity index (χ2n) is 5.20. The van der Waals surface area contributed by atoms with Gasteiger partial charge in [-0.25, -0.2) is 0 Å². The molecule has 0 spiro atoms. The standard InChI is InChI=1S/C18H16ClN3O3/c1-22(11-17(23)21-16-5-3-2-4-15(16)19)18(24)12-25-14-8-6-13(10-20)7-9-14/h2-9H,11-12H2,1H3,(H,21,23). The van der Waals surface area contributed by atoms with E-state index < -0.39 is 0 Å². The molecular weight excluding hydrogens is 342 g/mol. The van der Waals surface area contributed by atoms with E-state index in [2.05, 4.69) is 5.32 Å². The molecule has 0 aliphatic rings. The van der Waals surface area contributed by atoms with E-state index in [-0.39, 0.29) is 25.0 Å². The lowest BCUT2D eigenvalue weighted by Gasteiger charge is -2.17. The molecule has 2 aromatic carbocycles. The molecule has 7 heteroatoms. The van der Waals surface area contributed by atoms with Crippen LogP contribution >= 0.6 is 11.6 Å². The fourth-order valence-electron chi connectivity index (χ4n) is 1.94. The van der Waals surface area contributed by atoms with Gasteiger partial charge in [-0.1, -0.05) is 23.7 Å². The Labute approximate surface area is 150 Å². The van der Waals surface area contributed by atoms with Gasteiger partial charge in [-0.05, 0) is 36.4 Å². The maximum absolute atomic E-state index is 12.0. The van der Waals surface area contributed by atoms with Crippen molar-refractivity contribution in [2.24, 2.45) is 0 Å². The number of carbonyl (C=O) groups is 2. The molecule has 0 saturated carbocycles. The van der Waals surface area contributed by atoms with Gasteiger partial charge in [-0.15, -0.1) is 0 Å². The molecule has 25 heavy (non-hydrogen) atoms. The number of anilines is 1. The van der Waals surface area contributed by atoms with E-state index in [1.54, 1.807) is 48.5 Å². The molecule has 0 heterocycles. The zero-order chi connectivity index (χ0) is 18.2. The normalized spacial score (nSPS) is 9.80. The lowest BCUT2D eigenvalue weighted by molar-refractivity contribution is -0.135. The average Bonchev–Trinajstić information content (AvgIpc) is 2.62. The van der Waals surface area contributed by atoms with E-state index in [1.165, 1.54) is 11.9 Å². The van der Waals surface area contributed by atoms with Crippen LogP contribution in [0.15, 0.2) is 48.5 Å². The molecular formula is C18H16ClN3O3. The zero-order valence-electron chi connectivity index (χ0n) is 13.5. The highest BCUT2D eigenvalue weighted by Crippen LogP contribution is 2.20. The van der Waals surface area contributed by atoms with Gasteiger partial charge in [0.2, 0.25) is 5.91 Å². The Hall–Kier alpha value is -3.04. The first-order valence-corrected chi connectivity index (χ1v) is 7.78. The van der Waals surface area contributed by atoms with Crippen LogP contribution in [-0.2, 0) is 9.59 Å². The number of carbonyl (C=O) groups excluding carboxylic acids is 2. The molecule has 0 bridgehead atoms. The molecule has 0 aromatic heterocycles. The van der Waals surface area contributed by atoms with Crippen LogP contribution in [0.3, 0.4) is 0 Å². The van der Waals surface area contributed by atoms with Crippen molar-refractivity contribution in [3.05, 3.63) is 59.1 Å². The van der Waals surface area contributed by atoms with Crippen LogP contribution in [0.2, 0.25) is 5.02 Å². The monoisotopic (exact) mass is 357 g/mol. The van der Waals surface area contributed by atoms with E-state index in [9.17, 15) is 9.59 Å². The molecule has 0 aliphatic carbocycles. The van der Waals surface area contributed by atoms with Gasteiger partial charge in [0.1, 0.15) is 5.75 Å². The van der Waals surface area contributed by atoms with Crippen molar-refractivity contribution in [1.29, 1.82) is 5.26 Å². The summed E-state index contributed by atoms with van der Waals surface area (Å²) >= 11 is 5.97. The van der Waals surface area contributed by atoms with E-state index in [0.29, 0.717) is 22.0 Å². The highest BCUT2D eigenvalue weighted by molar-refractivity contribution is 6.33. The minimum atomic E-state index is -0.359. The molecule has 2 rings (SSSR count). The molecule has 0 aliphatic heterocycles. The molecule has 6 nitrogen and oxygen atoms in total. The summed E-state index contributed by atoms with van der Waals surface area (Å²) in [5.74, 6) is -0.234. The first-order chi connectivity index (χ1) is 12.0. The van der Waals surface area contributed by atoms with Gasteiger partial charge in [0, 0.05) is 7.05 Å². The molecule has 0 atom stereocenters. The van der Waals surface area contributed by atoms with Crippen LogP contribution in [0.1, 0.15) is 5.56 Å². The third-order valence-corrected chi connectivity index (χ3v) is 3.63. The van der Waals surface area contributed by atoms with Gasteiger partial charge in [-0.2, -0.15) is 5.26 Å². The number of likely N-dealkylation sites (N-methyl/N-ethyl adjacent to an activating group) is 1. The summed E-state index contributed by atoms with van der Waals surface area (Å²) < 4.78 is 5.35. The molecule has 1 N–H and O–H groups in total. The fourth-order valence-corrected chi connectivity index (χ4v) is 2.12. The highest BCUT2D eigenvalue weighted by atomic mass is 35.5. The molecule has 128 valence electrons. The second kappa shape index (κ2) is 8.71. The summed E-state index contributed by atoms with van der Waals surface area (Å²) in [5.41, 5.74) is 0.996. The lowest BCUT2D eigenvalue weighted by atomic mass is 10.2. The van der Waals surface area contributed by atoms with E-state index in [1.807, 2.05) is 6.07 Å². The van der Waals surface area contributed by atoms with Crippen molar-refractivity contribution in [2.45, 2.75) is 0 Å². The Morgan fingerprint density at radius 3 is 2.52 bits per heavy atom. The van der Waals surface area contributed by atoms with E-state index in [4.69, 9.17) is 21.6 Å². The third-order valence-electron chi connectivity index (χ3n) is 3.30. The zero-order valence-corrected chi connectivity index (χ0v) is 14.3. The van der Waals surface area contributed by atoms with Crippen molar-refractivity contribution in [3.63, 3.8) is 0 Å². The van der Waals surface area contributed by atoms with Gasteiger partial charge < -0.3 is 15.0 Å². The maximum atomic E-state index is 12.0. The first kappa shape index (κ1) is 18.3. The van der Waals surface area contributed by atoms with Gasteiger partial charge in [0.05, 0.1) is 28.9 Å². The molecule has 2 amide bonds. The number of hydrogen-bond donors (Lipinski definition) is 1. The number of nitrogens with zero attached hydrogens (tertiary/aromatic N) is 2. The Bertz CT molecular complexity index is 800. The van der Waals surface area contributed by atoms with Crippen LogP contribution in [0.5, 0.6) is 5.75 Å².